The monoisotopic (exact) mass is 231 g/mol. The van der Waals surface area contributed by atoms with Crippen molar-refractivity contribution in [2.45, 2.75) is 12.5 Å². The quantitative estimate of drug-likeness (QED) is 0.781. The van der Waals surface area contributed by atoms with Crippen LogP contribution in [0.15, 0.2) is 24.3 Å². The number of alkyl halides is 2. The average Bonchev–Trinajstić information content (AvgIpc) is 2.28. The van der Waals surface area contributed by atoms with Crippen molar-refractivity contribution >= 4 is 0 Å². The fourth-order valence-electron chi connectivity index (χ4n) is 1.27. The lowest BCUT2D eigenvalue weighted by atomic mass is 10.1. The summed E-state index contributed by atoms with van der Waals surface area (Å²) in [6.45, 7) is -0.302. The van der Waals surface area contributed by atoms with Crippen molar-refractivity contribution in [3.8, 4) is 5.75 Å². The fourth-order valence-corrected chi connectivity index (χ4v) is 1.27. The first-order valence-electron chi connectivity index (χ1n) is 4.94. The third-order valence-corrected chi connectivity index (χ3v) is 2.14. The van der Waals surface area contributed by atoms with Gasteiger partial charge in [0.05, 0.1) is 19.8 Å². The van der Waals surface area contributed by atoms with Gasteiger partial charge in [0.1, 0.15) is 5.75 Å². The maximum atomic E-state index is 11.8. The number of methoxy groups -OCH3 is 1. The van der Waals surface area contributed by atoms with Gasteiger partial charge in [-0.2, -0.15) is 0 Å². The van der Waals surface area contributed by atoms with Gasteiger partial charge in [0.2, 0.25) is 0 Å². The van der Waals surface area contributed by atoms with E-state index in [1.165, 1.54) is 0 Å². The Bertz CT molecular complexity index is 303. The van der Waals surface area contributed by atoms with Crippen LogP contribution in [0.2, 0.25) is 0 Å². The van der Waals surface area contributed by atoms with E-state index in [9.17, 15) is 13.9 Å². The summed E-state index contributed by atoms with van der Waals surface area (Å²) in [7, 11) is 1.55. The molecule has 0 fully saturated rings. The molecule has 0 spiro atoms. The highest BCUT2D eigenvalue weighted by molar-refractivity contribution is 5.28. The maximum Gasteiger partial charge on any atom is 0.250 e. The van der Waals surface area contributed by atoms with Gasteiger partial charge in [-0.3, -0.25) is 0 Å². The molecule has 1 atom stereocenters. The Morgan fingerprint density at radius 2 is 1.88 bits per heavy atom. The summed E-state index contributed by atoms with van der Waals surface area (Å²) in [5.41, 5.74) is 0.669. The number of halogens is 2. The maximum absolute atomic E-state index is 11.8. The molecular weight excluding hydrogens is 216 g/mol. The van der Waals surface area contributed by atoms with Crippen LogP contribution in [0.25, 0.3) is 0 Å². The van der Waals surface area contributed by atoms with Crippen LogP contribution in [0, 0.1) is 0 Å². The zero-order chi connectivity index (χ0) is 12.0. The van der Waals surface area contributed by atoms with Crippen molar-refractivity contribution in [2.75, 3.05) is 20.2 Å². The second kappa shape index (κ2) is 6.40. The van der Waals surface area contributed by atoms with E-state index in [0.29, 0.717) is 11.3 Å². The molecule has 1 aromatic carbocycles. The van der Waals surface area contributed by atoms with Gasteiger partial charge in [0.15, 0.2) is 0 Å². The number of aliphatic hydroxyl groups is 1. The highest BCUT2D eigenvalue weighted by Crippen LogP contribution is 2.16. The third-order valence-electron chi connectivity index (χ3n) is 2.14. The van der Waals surface area contributed by atoms with E-state index in [0.717, 1.165) is 0 Å². The molecule has 0 aromatic heterocycles. The lowest BCUT2D eigenvalue weighted by Gasteiger charge is -2.12. The second-order valence-electron chi connectivity index (χ2n) is 3.34. The highest BCUT2D eigenvalue weighted by atomic mass is 19.3. The molecule has 0 amide bonds. The lowest BCUT2D eigenvalue weighted by molar-refractivity contribution is 0.129. The normalized spacial score (nSPS) is 12.8. The van der Waals surface area contributed by atoms with Crippen LogP contribution in [-0.4, -0.2) is 31.7 Å². The highest BCUT2D eigenvalue weighted by Gasteiger charge is 2.08. The molecule has 3 nitrogen and oxygen atoms in total. The first-order chi connectivity index (χ1) is 7.63. The first-order valence-corrected chi connectivity index (χ1v) is 4.94. The van der Waals surface area contributed by atoms with E-state index in [-0.39, 0.29) is 6.54 Å². The Morgan fingerprint density at radius 3 is 2.38 bits per heavy atom. The van der Waals surface area contributed by atoms with Crippen LogP contribution < -0.4 is 10.1 Å². The van der Waals surface area contributed by atoms with Gasteiger partial charge in [-0.05, 0) is 17.7 Å². The molecular formula is C11H15F2NO2. The van der Waals surface area contributed by atoms with Gasteiger partial charge in [0.25, 0.3) is 6.43 Å². The number of aliphatic hydroxyl groups excluding tert-OH is 1. The van der Waals surface area contributed by atoms with E-state index in [4.69, 9.17) is 4.74 Å². The van der Waals surface area contributed by atoms with Crippen molar-refractivity contribution in [1.82, 2.24) is 5.32 Å². The number of benzene rings is 1. The molecule has 0 saturated carbocycles. The number of ether oxygens (including phenoxy) is 1. The predicted octanol–water partition coefficient (Wildman–Crippen LogP) is 1.58. The van der Waals surface area contributed by atoms with Crippen molar-refractivity contribution in [3.63, 3.8) is 0 Å². The van der Waals surface area contributed by atoms with Crippen LogP contribution in [0.5, 0.6) is 5.75 Å². The molecule has 0 heterocycles. The van der Waals surface area contributed by atoms with E-state index in [1.807, 2.05) is 0 Å². The molecule has 1 unspecified atom stereocenters. The lowest BCUT2D eigenvalue weighted by Crippen LogP contribution is -2.26. The number of hydrogen-bond donors (Lipinski definition) is 2. The van der Waals surface area contributed by atoms with Gasteiger partial charge in [-0.25, -0.2) is 8.78 Å². The topological polar surface area (TPSA) is 41.5 Å². The van der Waals surface area contributed by atoms with E-state index in [2.05, 4.69) is 5.32 Å². The van der Waals surface area contributed by atoms with Crippen molar-refractivity contribution < 1.29 is 18.6 Å². The largest absolute Gasteiger partial charge is 0.497 e. The van der Waals surface area contributed by atoms with Crippen LogP contribution >= 0.6 is 0 Å². The Morgan fingerprint density at radius 1 is 1.25 bits per heavy atom. The summed E-state index contributed by atoms with van der Waals surface area (Å²) < 4.78 is 28.6. The van der Waals surface area contributed by atoms with Crippen LogP contribution in [0.3, 0.4) is 0 Å². The molecule has 16 heavy (non-hydrogen) atoms. The predicted molar refractivity (Wildman–Crippen MR) is 56.8 cm³/mol. The fraction of sp³-hybridized carbons (Fsp3) is 0.455. The Hall–Kier alpha value is -1.20. The van der Waals surface area contributed by atoms with E-state index in [1.54, 1.807) is 31.4 Å². The molecule has 0 bridgehead atoms. The molecule has 0 aliphatic heterocycles. The third kappa shape index (κ3) is 4.12. The SMILES string of the molecule is COc1ccc(C(O)CNCC(F)F)cc1. The number of hydrogen-bond acceptors (Lipinski definition) is 3. The summed E-state index contributed by atoms with van der Waals surface area (Å²) in [5.74, 6) is 0.691. The molecule has 0 aliphatic rings. The molecule has 2 N–H and O–H groups in total. The van der Waals surface area contributed by atoms with Gasteiger partial charge in [-0.15, -0.1) is 0 Å². The molecule has 0 saturated heterocycles. The molecule has 1 aromatic rings. The number of nitrogens with one attached hydrogen (secondary N) is 1. The van der Waals surface area contributed by atoms with E-state index < -0.39 is 19.1 Å². The smallest absolute Gasteiger partial charge is 0.250 e. The summed E-state index contributed by atoms with van der Waals surface area (Å²) in [6, 6.07) is 6.83. The zero-order valence-electron chi connectivity index (χ0n) is 8.99. The minimum absolute atomic E-state index is 0.108. The van der Waals surface area contributed by atoms with E-state index >= 15 is 0 Å². The molecule has 1 rings (SSSR count). The summed E-state index contributed by atoms with van der Waals surface area (Å²) in [6.07, 6.45) is -3.19. The minimum atomic E-state index is -2.40. The van der Waals surface area contributed by atoms with Gasteiger partial charge < -0.3 is 15.2 Å². The number of rotatable bonds is 6. The summed E-state index contributed by atoms with van der Waals surface area (Å²) >= 11 is 0. The van der Waals surface area contributed by atoms with Gasteiger partial charge in [-0.1, -0.05) is 12.1 Å². The van der Waals surface area contributed by atoms with Gasteiger partial charge in [0, 0.05) is 6.54 Å². The average molecular weight is 231 g/mol. The Balaban J connectivity index is 2.43. The Kier molecular flexibility index (Phi) is 5.14. The Labute approximate surface area is 93.0 Å². The molecule has 5 heteroatoms. The van der Waals surface area contributed by atoms with Gasteiger partial charge >= 0.3 is 0 Å². The minimum Gasteiger partial charge on any atom is -0.497 e. The molecule has 0 aliphatic carbocycles. The molecule has 0 radical (unpaired) electrons. The standard InChI is InChI=1S/C11H15F2NO2/c1-16-9-4-2-8(3-5-9)10(15)6-14-7-11(12)13/h2-5,10-11,14-15H,6-7H2,1H3. The summed E-state index contributed by atoms with van der Waals surface area (Å²) in [5, 5.41) is 12.1. The van der Waals surface area contributed by atoms with Crippen LogP contribution in [-0.2, 0) is 0 Å². The molecule has 90 valence electrons. The van der Waals surface area contributed by atoms with Crippen LogP contribution in [0.1, 0.15) is 11.7 Å². The zero-order valence-corrected chi connectivity index (χ0v) is 8.99. The van der Waals surface area contributed by atoms with Crippen LogP contribution in [0.4, 0.5) is 8.78 Å². The first kappa shape index (κ1) is 12.9. The van der Waals surface area contributed by atoms with Crippen molar-refractivity contribution in [2.24, 2.45) is 0 Å². The van der Waals surface area contributed by atoms with Crippen molar-refractivity contribution in [3.05, 3.63) is 29.8 Å². The summed E-state index contributed by atoms with van der Waals surface area (Å²) in [4.78, 5) is 0. The second-order valence-corrected chi connectivity index (χ2v) is 3.34. The van der Waals surface area contributed by atoms with Crippen molar-refractivity contribution in [1.29, 1.82) is 0 Å².